The lowest BCUT2D eigenvalue weighted by molar-refractivity contribution is -0.384. The van der Waals surface area contributed by atoms with Crippen LogP contribution in [0.4, 0.5) is 15.8 Å². The normalized spacial score (nSPS) is 10.2. The molecule has 0 fully saturated rings. The van der Waals surface area contributed by atoms with Crippen LogP contribution in [0.1, 0.15) is 11.1 Å². The number of para-hydroxylation sites is 1. The maximum Gasteiger partial charge on any atom is 0.269 e. The molecule has 0 saturated heterocycles. The summed E-state index contributed by atoms with van der Waals surface area (Å²) in [5.74, 6) is -0.328. The molecule has 2 rings (SSSR count). The van der Waals surface area contributed by atoms with Gasteiger partial charge in [0.15, 0.2) is 0 Å². The third kappa shape index (κ3) is 3.07. The maximum absolute atomic E-state index is 13.6. The first kappa shape index (κ1) is 13.0. The number of halogens is 1. The number of aryl methyl sites for hydroxylation is 1. The Bertz CT molecular complexity index is 594. The van der Waals surface area contributed by atoms with E-state index in [-0.39, 0.29) is 11.5 Å². The summed E-state index contributed by atoms with van der Waals surface area (Å²) in [4.78, 5) is 10.2. The second-order valence-electron chi connectivity index (χ2n) is 4.21. The zero-order valence-electron chi connectivity index (χ0n) is 10.4. The summed E-state index contributed by atoms with van der Waals surface area (Å²) in [6.45, 7) is 2.14. The molecule has 4 nitrogen and oxygen atoms in total. The Hall–Kier alpha value is -2.43. The number of hydrogen-bond acceptors (Lipinski definition) is 3. The first-order valence-corrected chi connectivity index (χ1v) is 5.80. The Labute approximate surface area is 110 Å². The van der Waals surface area contributed by atoms with Gasteiger partial charge in [-0.25, -0.2) is 4.39 Å². The molecule has 0 aromatic heterocycles. The summed E-state index contributed by atoms with van der Waals surface area (Å²) in [6.07, 6.45) is 0. The molecule has 0 aliphatic heterocycles. The average molecular weight is 260 g/mol. The van der Waals surface area contributed by atoms with Crippen molar-refractivity contribution in [2.75, 3.05) is 5.32 Å². The van der Waals surface area contributed by atoms with Gasteiger partial charge in [0.05, 0.1) is 10.6 Å². The molecule has 19 heavy (non-hydrogen) atoms. The van der Waals surface area contributed by atoms with Crippen LogP contribution in [0.25, 0.3) is 0 Å². The lowest BCUT2D eigenvalue weighted by atomic mass is 10.1. The quantitative estimate of drug-likeness (QED) is 0.674. The molecular weight excluding hydrogens is 247 g/mol. The number of non-ortho nitro benzene ring substituents is 1. The molecule has 2 aromatic carbocycles. The highest BCUT2D eigenvalue weighted by Crippen LogP contribution is 2.20. The van der Waals surface area contributed by atoms with Crippen LogP contribution in [0.2, 0.25) is 0 Å². The fourth-order valence-corrected chi connectivity index (χ4v) is 1.83. The summed E-state index contributed by atoms with van der Waals surface area (Å²) in [6, 6.07) is 11.1. The second kappa shape index (κ2) is 5.48. The van der Waals surface area contributed by atoms with Gasteiger partial charge in [0.1, 0.15) is 5.82 Å². The van der Waals surface area contributed by atoms with Crippen LogP contribution in [0.5, 0.6) is 0 Å². The fraction of sp³-hybridized carbons (Fsp3) is 0.143. The average Bonchev–Trinajstić information content (AvgIpc) is 2.38. The van der Waals surface area contributed by atoms with E-state index < -0.39 is 4.92 Å². The van der Waals surface area contributed by atoms with Crippen molar-refractivity contribution >= 4 is 11.4 Å². The lowest BCUT2D eigenvalue weighted by Gasteiger charge is -2.10. The van der Waals surface area contributed by atoms with E-state index in [9.17, 15) is 14.5 Å². The largest absolute Gasteiger partial charge is 0.378 e. The molecule has 0 amide bonds. The zero-order valence-corrected chi connectivity index (χ0v) is 10.4. The summed E-state index contributed by atoms with van der Waals surface area (Å²) in [5.41, 5.74) is 1.99. The molecule has 0 spiro atoms. The number of nitro groups is 1. The second-order valence-corrected chi connectivity index (χ2v) is 4.21. The van der Waals surface area contributed by atoms with Crippen LogP contribution in [0, 0.1) is 22.9 Å². The number of nitrogens with one attached hydrogen (secondary N) is 1. The molecule has 2 aromatic rings. The minimum atomic E-state index is -0.447. The number of benzene rings is 2. The lowest BCUT2D eigenvalue weighted by Crippen LogP contribution is -2.03. The molecule has 0 radical (unpaired) electrons. The first-order valence-electron chi connectivity index (χ1n) is 5.80. The Morgan fingerprint density at radius 1 is 1.26 bits per heavy atom. The molecule has 5 heteroatoms. The van der Waals surface area contributed by atoms with E-state index in [0.29, 0.717) is 12.2 Å². The molecule has 0 heterocycles. The van der Waals surface area contributed by atoms with E-state index in [1.807, 2.05) is 0 Å². The highest BCUT2D eigenvalue weighted by Gasteiger charge is 2.07. The molecule has 0 saturated carbocycles. The van der Waals surface area contributed by atoms with Crippen LogP contribution in [0.3, 0.4) is 0 Å². The third-order valence-electron chi connectivity index (χ3n) is 2.81. The Kier molecular flexibility index (Phi) is 3.75. The van der Waals surface area contributed by atoms with Gasteiger partial charge in [0.25, 0.3) is 5.69 Å². The Balaban J connectivity index is 2.15. The van der Waals surface area contributed by atoms with Gasteiger partial charge in [0.2, 0.25) is 0 Å². The monoisotopic (exact) mass is 260 g/mol. The van der Waals surface area contributed by atoms with Gasteiger partial charge >= 0.3 is 0 Å². The summed E-state index contributed by atoms with van der Waals surface area (Å²) in [5, 5.41) is 13.6. The van der Waals surface area contributed by atoms with E-state index in [1.165, 1.54) is 18.2 Å². The van der Waals surface area contributed by atoms with Crippen molar-refractivity contribution in [1.82, 2.24) is 0 Å². The summed E-state index contributed by atoms with van der Waals surface area (Å²) in [7, 11) is 0. The topological polar surface area (TPSA) is 55.2 Å². The van der Waals surface area contributed by atoms with Crippen molar-refractivity contribution in [2.24, 2.45) is 0 Å². The number of nitro benzene ring substituents is 1. The molecule has 0 bridgehead atoms. The number of anilines is 1. The smallest absolute Gasteiger partial charge is 0.269 e. The molecule has 98 valence electrons. The third-order valence-corrected chi connectivity index (χ3v) is 2.81. The van der Waals surface area contributed by atoms with E-state index in [2.05, 4.69) is 5.32 Å². The number of hydrogen-bond donors (Lipinski definition) is 1. The zero-order chi connectivity index (χ0) is 13.8. The van der Waals surface area contributed by atoms with E-state index >= 15 is 0 Å². The van der Waals surface area contributed by atoms with Gasteiger partial charge in [-0.05, 0) is 24.1 Å². The van der Waals surface area contributed by atoms with Gasteiger partial charge in [0, 0.05) is 18.7 Å². The van der Waals surface area contributed by atoms with Crippen LogP contribution in [0.15, 0.2) is 42.5 Å². The van der Waals surface area contributed by atoms with Crippen molar-refractivity contribution in [2.45, 2.75) is 13.5 Å². The highest BCUT2D eigenvalue weighted by atomic mass is 19.1. The summed E-state index contributed by atoms with van der Waals surface area (Å²) < 4.78 is 13.6. The number of nitrogens with zero attached hydrogens (tertiary/aromatic N) is 1. The minimum absolute atomic E-state index is 0.0320. The van der Waals surface area contributed by atoms with Crippen molar-refractivity contribution in [3.63, 3.8) is 0 Å². The van der Waals surface area contributed by atoms with Gasteiger partial charge < -0.3 is 5.32 Å². The van der Waals surface area contributed by atoms with E-state index in [0.717, 1.165) is 11.1 Å². The molecule has 0 aliphatic carbocycles. The van der Waals surface area contributed by atoms with Crippen LogP contribution >= 0.6 is 0 Å². The first-order chi connectivity index (χ1) is 9.08. The Morgan fingerprint density at radius 3 is 2.68 bits per heavy atom. The van der Waals surface area contributed by atoms with Crippen molar-refractivity contribution in [1.29, 1.82) is 0 Å². The van der Waals surface area contributed by atoms with E-state index in [1.54, 1.807) is 31.2 Å². The van der Waals surface area contributed by atoms with E-state index in [4.69, 9.17) is 0 Å². The van der Waals surface area contributed by atoms with Gasteiger partial charge in [-0.2, -0.15) is 0 Å². The van der Waals surface area contributed by atoms with Gasteiger partial charge in [-0.3, -0.25) is 10.1 Å². The SMILES string of the molecule is Cc1cccc(F)c1NCc1cccc([N+](=O)[O-])c1. The molecule has 0 atom stereocenters. The molecule has 0 aliphatic rings. The molecule has 0 unspecified atom stereocenters. The highest BCUT2D eigenvalue weighted by molar-refractivity contribution is 5.52. The maximum atomic E-state index is 13.6. The minimum Gasteiger partial charge on any atom is -0.378 e. The van der Waals surface area contributed by atoms with Crippen LogP contribution in [-0.4, -0.2) is 4.92 Å². The van der Waals surface area contributed by atoms with Crippen molar-refractivity contribution < 1.29 is 9.31 Å². The van der Waals surface area contributed by atoms with Crippen molar-refractivity contribution in [3.05, 3.63) is 69.5 Å². The fourth-order valence-electron chi connectivity index (χ4n) is 1.83. The van der Waals surface area contributed by atoms with Crippen LogP contribution < -0.4 is 5.32 Å². The van der Waals surface area contributed by atoms with Crippen molar-refractivity contribution in [3.8, 4) is 0 Å². The van der Waals surface area contributed by atoms with Gasteiger partial charge in [-0.15, -0.1) is 0 Å². The number of rotatable bonds is 4. The van der Waals surface area contributed by atoms with Gasteiger partial charge in [-0.1, -0.05) is 24.3 Å². The Morgan fingerprint density at radius 2 is 2.00 bits per heavy atom. The van der Waals surface area contributed by atoms with Crippen LogP contribution in [-0.2, 0) is 6.54 Å². The molecule has 1 N–H and O–H groups in total. The molecular formula is C14H13FN2O2. The predicted octanol–water partition coefficient (Wildman–Crippen LogP) is 3.65. The predicted molar refractivity (Wildman–Crippen MR) is 71.6 cm³/mol. The summed E-state index contributed by atoms with van der Waals surface area (Å²) >= 11 is 0. The standard InChI is InChI=1S/C14H13FN2O2/c1-10-4-2-7-13(15)14(10)16-9-11-5-3-6-12(8-11)17(18)19/h2-8,16H,9H2,1H3.